The maximum absolute atomic E-state index is 12.5. The van der Waals surface area contributed by atoms with Gasteiger partial charge in [-0.2, -0.15) is 5.10 Å². The summed E-state index contributed by atoms with van der Waals surface area (Å²) in [6.07, 6.45) is -0.00361. The van der Waals surface area contributed by atoms with Crippen molar-refractivity contribution in [3.8, 4) is 11.3 Å². The van der Waals surface area contributed by atoms with Gasteiger partial charge >= 0.3 is 5.97 Å². The summed E-state index contributed by atoms with van der Waals surface area (Å²) >= 11 is 1.28. The minimum atomic E-state index is -0.808. The number of aryl methyl sites for hydroxylation is 2. The summed E-state index contributed by atoms with van der Waals surface area (Å²) in [5, 5.41) is 10.5. The highest BCUT2D eigenvalue weighted by molar-refractivity contribution is 7.14. The minimum Gasteiger partial charge on any atom is -0.451 e. The lowest BCUT2D eigenvalue weighted by atomic mass is 10.0. The van der Waals surface area contributed by atoms with Crippen molar-refractivity contribution in [2.75, 3.05) is 16.9 Å². The first-order chi connectivity index (χ1) is 16.3. The second kappa shape index (κ2) is 9.84. The van der Waals surface area contributed by atoms with Crippen molar-refractivity contribution in [3.05, 3.63) is 65.0 Å². The quantitative estimate of drug-likeness (QED) is 0.504. The van der Waals surface area contributed by atoms with Crippen molar-refractivity contribution in [2.45, 2.75) is 26.3 Å². The summed E-state index contributed by atoms with van der Waals surface area (Å²) < 4.78 is 5.11. The van der Waals surface area contributed by atoms with Crippen molar-refractivity contribution in [3.63, 3.8) is 0 Å². The van der Waals surface area contributed by atoms with Crippen LogP contribution in [0.2, 0.25) is 0 Å². The van der Waals surface area contributed by atoms with Gasteiger partial charge in [-0.15, -0.1) is 11.3 Å². The molecule has 4 rings (SSSR count). The van der Waals surface area contributed by atoms with E-state index in [-0.39, 0.29) is 12.1 Å². The number of ether oxygens (including phenoxy) is 1. The number of benzene rings is 2. The van der Waals surface area contributed by atoms with Gasteiger partial charge in [0.15, 0.2) is 11.7 Å². The molecule has 10 heteroatoms. The topological polar surface area (TPSA) is 127 Å². The Hall–Kier alpha value is -4.05. The number of thiazole rings is 1. The zero-order valence-electron chi connectivity index (χ0n) is 18.6. The first kappa shape index (κ1) is 23.1. The number of carbonyl (C=O) groups is 3. The average Bonchev–Trinajstić information content (AvgIpc) is 3.47. The van der Waals surface area contributed by atoms with Gasteiger partial charge in [-0.1, -0.05) is 35.9 Å². The zero-order chi connectivity index (χ0) is 24.2. The summed E-state index contributed by atoms with van der Waals surface area (Å²) in [6, 6.07) is 14.2. The summed E-state index contributed by atoms with van der Waals surface area (Å²) in [7, 11) is 0. The number of nitrogens with one attached hydrogen (secondary N) is 1. The highest BCUT2D eigenvalue weighted by Gasteiger charge is 2.35. The molecule has 0 saturated carbocycles. The molecule has 9 nitrogen and oxygen atoms in total. The molecular weight excluding hydrogens is 454 g/mol. The normalized spacial score (nSPS) is 15.1. The second-order valence-corrected chi connectivity index (χ2v) is 8.69. The third kappa shape index (κ3) is 5.12. The number of para-hydroxylation sites is 1. The summed E-state index contributed by atoms with van der Waals surface area (Å²) in [5.41, 5.74) is 10.1. The van der Waals surface area contributed by atoms with E-state index < -0.39 is 30.4 Å². The van der Waals surface area contributed by atoms with Crippen LogP contribution in [-0.4, -0.2) is 41.1 Å². The number of rotatable bonds is 7. The Morgan fingerprint density at radius 2 is 1.94 bits per heavy atom. The van der Waals surface area contributed by atoms with Crippen LogP contribution < -0.4 is 16.1 Å². The standard InChI is InChI=1S/C24H23N5O4S/c1-14-8-9-15(2)17(10-14)19-13-34-24(26-19)27-21(30)12-33-23(32)18-11-20(22(25)31)29(28-18)16-6-4-3-5-7-16/h3-10,13,20H,11-12H2,1-2H3,(H2,25,31)(H,26,27,30)/t20-/m1/s1. The van der Waals surface area contributed by atoms with Gasteiger partial charge in [0.25, 0.3) is 5.91 Å². The van der Waals surface area contributed by atoms with E-state index in [0.717, 1.165) is 22.4 Å². The van der Waals surface area contributed by atoms with Gasteiger partial charge in [-0.05, 0) is 37.6 Å². The van der Waals surface area contributed by atoms with E-state index in [1.54, 1.807) is 24.3 Å². The fourth-order valence-electron chi connectivity index (χ4n) is 3.51. The number of aromatic nitrogens is 1. The monoisotopic (exact) mass is 477 g/mol. The first-order valence-corrected chi connectivity index (χ1v) is 11.4. The highest BCUT2D eigenvalue weighted by atomic mass is 32.1. The molecule has 2 heterocycles. The largest absolute Gasteiger partial charge is 0.451 e. The van der Waals surface area contributed by atoms with Crippen molar-refractivity contribution < 1.29 is 19.1 Å². The maximum atomic E-state index is 12.5. The summed E-state index contributed by atoms with van der Waals surface area (Å²) in [4.78, 5) is 41.1. The van der Waals surface area contributed by atoms with Gasteiger partial charge in [-0.25, -0.2) is 9.78 Å². The molecule has 0 saturated heterocycles. The van der Waals surface area contributed by atoms with Crippen LogP contribution in [0.5, 0.6) is 0 Å². The minimum absolute atomic E-state index is 0.00361. The number of hydrogen-bond acceptors (Lipinski definition) is 8. The first-order valence-electron chi connectivity index (χ1n) is 10.5. The predicted octanol–water partition coefficient (Wildman–Crippen LogP) is 3.03. The van der Waals surface area contributed by atoms with Crippen LogP contribution in [0.25, 0.3) is 11.3 Å². The van der Waals surface area contributed by atoms with Crippen LogP contribution in [-0.2, 0) is 19.1 Å². The number of nitrogens with zero attached hydrogens (tertiary/aromatic N) is 3. The van der Waals surface area contributed by atoms with E-state index in [1.165, 1.54) is 16.3 Å². The Balaban J connectivity index is 1.36. The molecule has 0 aliphatic carbocycles. The lowest BCUT2D eigenvalue weighted by Gasteiger charge is -2.20. The molecule has 174 valence electrons. The lowest BCUT2D eigenvalue weighted by molar-refractivity contribution is -0.140. The van der Waals surface area contributed by atoms with Gasteiger partial charge < -0.3 is 10.5 Å². The van der Waals surface area contributed by atoms with Crippen LogP contribution in [0.4, 0.5) is 10.8 Å². The molecule has 1 aliphatic heterocycles. The number of nitrogens with two attached hydrogens (primary N) is 1. The van der Waals surface area contributed by atoms with Gasteiger partial charge in [0, 0.05) is 17.4 Å². The molecule has 1 atom stereocenters. The number of hydrogen-bond donors (Lipinski definition) is 2. The molecule has 3 N–H and O–H groups in total. The Morgan fingerprint density at radius 1 is 1.18 bits per heavy atom. The lowest BCUT2D eigenvalue weighted by Crippen LogP contribution is -2.39. The molecule has 0 spiro atoms. The van der Waals surface area contributed by atoms with Crippen LogP contribution in [0.1, 0.15) is 17.5 Å². The fraction of sp³-hybridized carbons (Fsp3) is 0.208. The maximum Gasteiger partial charge on any atom is 0.355 e. The molecule has 3 aromatic rings. The number of amides is 2. The Bertz CT molecular complexity index is 1270. The second-order valence-electron chi connectivity index (χ2n) is 7.83. The van der Waals surface area contributed by atoms with E-state index in [0.29, 0.717) is 10.8 Å². The number of primary amides is 1. The molecule has 0 fully saturated rings. The number of esters is 1. The zero-order valence-corrected chi connectivity index (χ0v) is 19.5. The molecule has 34 heavy (non-hydrogen) atoms. The van der Waals surface area contributed by atoms with Gasteiger partial charge in [0.05, 0.1) is 11.4 Å². The molecule has 0 bridgehead atoms. The van der Waals surface area contributed by atoms with Crippen LogP contribution in [0.3, 0.4) is 0 Å². The number of hydrazone groups is 1. The van der Waals surface area contributed by atoms with Crippen molar-refractivity contribution in [2.24, 2.45) is 10.8 Å². The molecule has 2 aromatic carbocycles. The van der Waals surface area contributed by atoms with Crippen LogP contribution >= 0.6 is 11.3 Å². The van der Waals surface area contributed by atoms with Crippen molar-refractivity contribution >= 4 is 45.7 Å². The van der Waals surface area contributed by atoms with E-state index >= 15 is 0 Å². The molecule has 0 radical (unpaired) electrons. The summed E-state index contributed by atoms with van der Waals surface area (Å²) in [5.74, 6) is -1.92. The van der Waals surface area contributed by atoms with E-state index in [4.69, 9.17) is 10.5 Å². The van der Waals surface area contributed by atoms with Crippen molar-refractivity contribution in [1.29, 1.82) is 0 Å². The van der Waals surface area contributed by atoms with Gasteiger partial charge in [-0.3, -0.25) is 19.9 Å². The van der Waals surface area contributed by atoms with E-state index in [1.807, 2.05) is 43.5 Å². The molecule has 1 aliphatic rings. The number of carbonyl (C=O) groups excluding carboxylic acids is 3. The van der Waals surface area contributed by atoms with Crippen LogP contribution in [0.15, 0.2) is 59.0 Å². The molecule has 2 amide bonds. The SMILES string of the molecule is Cc1ccc(C)c(-c2csc(NC(=O)COC(=O)C3=NN(c4ccccc4)[C@@H](C(N)=O)C3)n2)c1. The predicted molar refractivity (Wildman–Crippen MR) is 131 cm³/mol. The Labute approximate surface area is 200 Å². The van der Waals surface area contributed by atoms with Crippen LogP contribution in [0, 0.1) is 13.8 Å². The van der Waals surface area contributed by atoms with E-state index in [9.17, 15) is 14.4 Å². The fourth-order valence-corrected chi connectivity index (χ4v) is 4.24. The summed E-state index contributed by atoms with van der Waals surface area (Å²) in [6.45, 7) is 3.49. The van der Waals surface area contributed by atoms with E-state index in [2.05, 4.69) is 15.4 Å². The Morgan fingerprint density at radius 3 is 2.68 bits per heavy atom. The third-order valence-corrected chi connectivity index (χ3v) is 6.01. The van der Waals surface area contributed by atoms with Gasteiger partial charge in [0.1, 0.15) is 11.8 Å². The molecular formula is C24H23N5O4S. The molecule has 1 aromatic heterocycles. The highest BCUT2D eigenvalue weighted by Crippen LogP contribution is 2.28. The van der Waals surface area contributed by atoms with Crippen molar-refractivity contribution in [1.82, 2.24) is 4.98 Å². The van der Waals surface area contributed by atoms with Gasteiger partial charge in [0.2, 0.25) is 5.91 Å². The smallest absolute Gasteiger partial charge is 0.355 e. The Kier molecular flexibility index (Phi) is 6.69. The number of anilines is 2. The third-order valence-electron chi connectivity index (χ3n) is 5.25. The average molecular weight is 478 g/mol. The molecule has 0 unspecified atom stereocenters.